The molecule has 0 bridgehead atoms. The summed E-state index contributed by atoms with van der Waals surface area (Å²) in [5, 5.41) is 0.411. The van der Waals surface area contributed by atoms with Gasteiger partial charge >= 0.3 is 0 Å². The van der Waals surface area contributed by atoms with E-state index < -0.39 is 5.91 Å². The molecule has 0 aliphatic carbocycles. The fourth-order valence-corrected chi connectivity index (χ4v) is 2.92. The summed E-state index contributed by atoms with van der Waals surface area (Å²) in [4.78, 5) is 25.6. The monoisotopic (exact) mass is 344 g/mol. The van der Waals surface area contributed by atoms with Gasteiger partial charge in [-0.3, -0.25) is 9.59 Å². The molecule has 1 aliphatic heterocycles. The number of carbonyl (C=O) groups excluding carboxylic acids is 2. The van der Waals surface area contributed by atoms with E-state index in [4.69, 9.17) is 22.1 Å². The van der Waals surface area contributed by atoms with Gasteiger partial charge in [0, 0.05) is 18.1 Å². The van der Waals surface area contributed by atoms with Crippen LogP contribution in [0.3, 0.4) is 0 Å². The van der Waals surface area contributed by atoms with E-state index in [1.165, 1.54) is 17.7 Å². The molecule has 2 aromatic carbocycles. The topological polar surface area (TPSA) is 72.6 Å². The van der Waals surface area contributed by atoms with E-state index in [1.54, 1.807) is 11.0 Å². The highest BCUT2D eigenvalue weighted by molar-refractivity contribution is 6.30. The van der Waals surface area contributed by atoms with E-state index in [0.717, 1.165) is 12.0 Å². The Morgan fingerprint density at radius 3 is 2.67 bits per heavy atom. The number of primary amides is 1. The van der Waals surface area contributed by atoms with Crippen molar-refractivity contribution in [2.45, 2.75) is 13.0 Å². The van der Waals surface area contributed by atoms with Crippen LogP contribution in [0.1, 0.15) is 21.5 Å². The van der Waals surface area contributed by atoms with Crippen LogP contribution in [-0.4, -0.2) is 29.9 Å². The molecule has 24 heavy (non-hydrogen) atoms. The Morgan fingerprint density at radius 1 is 1.17 bits per heavy atom. The van der Waals surface area contributed by atoms with Gasteiger partial charge in [-0.15, -0.1) is 0 Å². The van der Waals surface area contributed by atoms with E-state index >= 15 is 0 Å². The van der Waals surface area contributed by atoms with E-state index in [0.29, 0.717) is 18.1 Å². The average molecular weight is 345 g/mol. The number of hydrogen-bond donors (Lipinski definition) is 1. The molecule has 2 aromatic rings. The Balaban J connectivity index is 1.67. The molecular formula is C18H17ClN2O3. The summed E-state index contributed by atoms with van der Waals surface area (Å²) in [6.07, 6.45) is 0.825. The zero-order valence-electron chi connectivity index (χ0n) is 13.0. The number of nitrogens with zero attached hydrogens (tertiary/aromatic N) is 1. The fraction of sp³-hybridized carbons (Fsp3) is 0.222. The first-order valence-corrected chi connectivity index (χ1v) is 7.99. The minimum atomic E-state index is -0.624. The highest BCUT2D eigenvalue weighted by Crippen LogP contribution is 2.24. The third kappa shape index (κ3) is 3.51. The van der Waals surface area contributed by atoms with Crippen molar-refractivity contribution in [3.8, 4) is 5.75 Å². The van der Waals surface area contributed by atoms with E-state index in [1.807, 2.05) is 18.2 Å². The molecule has 6 heteroatoms. The largest absolute Gasteiger partial charge is 0.483 e. The predicted molar refractivity (Wildman–Crippen MR) is 91.0 cm³/mol. The molecule has 3 rings (SSSR count). The molecule has 124 valence electrons. The lowest BCUT2D eigenvalue weighted by Gasteiger charge is -2.28. The van der Waals surface area contributed by atoms with Crippen molar-refractivity contribution in [1.29, 1.82) is 0 Å². The summed E-state index contributed by atoms with van der Waals surface area (Å²) in [6, 6.07) is 12.6. The van der Waals surface area contributed by atoms with Crippen molar-refractivity contribution in [2.75, 3.05) is 13.2 Å². The zero-order valence-corrected chi connectivity index (χ0v) is 13.8. The van der Waals surface area contributed by atoms with Crippen molar-refractivity contribution in [3.05, 3.63) is 64.2 Å². The smallest absolute Gasteiger partial charge is 0.260 e. The number of rotatable bonds is 4. The van der Waals surface area contributed by atoms with Gasteiger partial charge in [-0.1, -0.05) is 35.9 Å². The molecule has 0 radical (unpaired) electrons. The molecule has 5 nitrogen and oxygen atoms in total. The molecule has 0 aromatic heterocycles. The number of halogens is 1. The van der Waals surface area contributed by atoms with E-state index in [2.05, 4.69) is 6.07 Å². The molecule has 1 heterocycles. The summed E-state index contributed by atoms with van der Waals surface area (Å²) >= 11 is 5.91. The summed E-state index contributed by atoms with van der Waals surface area (Å²) in [6.45, 7) is 1.05. The highest BCUT2D eigenvalue weighted by atomic mass is 35.5. The van der Waals surface area contributed by atoms with Gasteiger partial charge in [0.2, 0.25) is 0 Å². The lowest BCUT2D eigenvalue weighted by molar-refractivity contribution is -0.134. The maximum absolute atomic E-state index is 12.4. The number of hydrogen-bond acceptors (Lipinski definition) is 3. The molecule has 0 saturated carbocycles. The van der Waals surface area contributed by atoms with Gasteiger partial charge in [-0.05, 0) is 35.7 Å². The van der Waals surface area contributed by atoms with E-state index in [-0.39, 0.29) is 23.8 Å². The van der Waals surface area contributed by atoms with Crippen molar-refractivity contribution in [1.82, 2.24) is 4.90 Å². The van der Waals surface area contributed by atoms with Crippen LogP contribution in [0.25, 0.3) is 0 Å². The normalized spacial score (nSPS) is 13.3. The lowest BCUT2D eigenvalue weighted by Crippen LogP contribution is -2.38. The van der Waals surface area contributed by atoms with Crippen molar-refractivity contribution in [3.63, 3.8) is 0 Å². The van der Waals surface area contributed by atoms with Crippen LogP contribution in [0.15, 0.2) is 42.5 Å². The Morgan fingerprint density at radius 2 is 1.92 bits per heavy atom. The number of amides is 2. The quantitative estimate of drug-likeness (QED) is 0.925. The third-order valence-corrected chi connectivity index (χ3v) is 4.28. The van der Waals surface area contributed by atoms with Crippen LogP contribution in [0, 0.1) is 0 Å². The van der Waals surface area contributed by atoms with Crippen LogP contribution in [0.5, 0.6) is 5.75 Å². The zero-order chi connectivity index (χ0) is 17.1. The Hall–Kier alpha value is -2.53. The van der Waals surface area contributed by atoms with Crippen LogP contribution in [-0.2, 0) is 17.8 Å². The van der Waals surface area contributed by atoms with Gasteiger partial charge in [0.25, 0.3) is 11.8 Å². The van der Waals surface area contributed by atoms with Gasteiger partial charge in [0.15, 0.2) is 6.61 Å². The Kier molecular flexibility index (Phi) is 4.71. The van der Waals surface area contributed by atoms with Crippen LogP contribution in [0.4, 0.5) is 0 Å². The van der Waals surface area contributed by atoms with Crippen molar-refractivity contribution in [2.24, 2.45) is 5.73 Å². The maximum Gasteiger partial charge on any atom is 0.260 e. The maximum atomic E-state index is 12.4. The number of carbonyl (C=O) groups is 2. The molecular weight excluding hydrogens is 328 g/mol. The molecule has 0 saturated heterocycles. The van der Waals surface area contributed by atoms with Crippen LogP contribution >= 0.6 is 11.6 Å². The van der Waals surface area contributed by atoms with Gasteiger partial charge in [-0.2, -0.15) is 0 Å². The third-order valence-electron chi connectivity index (χ3n) is 4.04. The van der Waals surface area contributed by atoms with Gasteiger partial charge in [-0.25, -0.2) is 0 Å². The Bertz CT molecular complexity index is 792. The van der Waals surface area contributed by atoms with Crippen molar-refractivity contribution >= 4 is 23.4 Å². The second-order valence-corrected chi connectivity index (χ2v) is 6.06. The van der Waals surface area contributed by atoms with E-state index in [9.17, 15) is 9.59 Å². The summed E-state index contributed by atoms with van der Waals surface area (Å²) < 4.78 is 5.51. The Labute approximate surface area is 145 Å². The first kappa shape index (κ1) is 16.3. The lowest BCUT2D eigenvalue weighted by atomic mass is 10.00. The molecule has 0 fully saturated rings. The second kappa shape index (κ2) is 6.93. The minimum Gasteiger partial charge on any atom is -0.483 e. The molecule has 1 aliphatic rings. The summed E-state index contributed by atoms with van der Waals surface area (Å²) in [5.41, 5.74) is 7.94. The number of fused-ring (bicyclic) bond motifs is 1. The first-order valence-electron chi connectivity index (χ1n) is 7.61. The number of ether oxygens (including phenoxy) is 1. The van der Waals surface area contributed by atoms with Crippen LogP contribution in [0.2, 0.25) is 5.02 Å². The minimum absolute atomic E-state index is 0.139. The molecule has 0 atom stereocenters. The first-order chi connectivity index (χ1) is 11.5. The highest BCUT2D eigenvalue weighted by Gasteiger charge is 2.21. The van der Waals surface area contributed by atoms with Gasteiger partial charge < -0.3 is 15.4 Å². The number of nitrogens with two attached hydrogens (primary N) is 1. The standard InChI is InChI=1S/C18H17ClN2O3/c19-14-5-6-15(18(20)23)16(9-14)24-11-17(22)21-8-7-12-3-1-2-4-13(12)10-21/h1-6,9H,7-8,10-11H2,(H2,20,23). The fourth-order valence-electron chi connectivity index (χ4n) is 2.76. The predicted octanol–water partition coefficient (Wildman–Crippen LogP) is 2.40. The summed E-state index contributed by atoms with van der Waals surface area (Å²) in [7, 11) is 0. The molecule has 0 spiro atoms. The molecule has 0 unspecified atom stereocenters. The van der Waals surface area contributed by atoms with Gasteiger partial charge in [0.1, 0.15) is 5.75 Å². The average Bonchev–Trinajstić information content (AvgIpc) is 2.59. The van der Waals surface area contributed by atoms with Crippen LogP contribution < -0.4 is 10.5 Å². The molecule has 2 amide bonds. The number of benzene rings is 2. The molecule has 2 N–H and O–H groups in total. The van der Waals surface area contributed by atoms with Gasteiger partial charge in [0.05, 0.1) is 5.56 Å². The second-order valence-electron chi connectivity index (χ2n) is 5.63. The summed E-state index contributed by atoms with van der Waals surface area (Å²) in [5.74, 6) is -0.540. The SMILES string of the molecule is NC(=O)c1ccc(Cl)cc1OCC(=O)N1CCc2ccccc2C1. The van der Waals surface area contributed by atoms with Crippen molar-refractivity contribution < 1.29 is 14.3 Å².